The third-order valence-corrected chi connectivity index (χ3v) is 8.64. The lowest BCUT2D eigenvalue weighted by atomic mass is 9.96. The number of carbonyl (C=O) groups excluding carboxylic acids is 2. The number of rotatable bonds is 8. The first-order valence-electron chi connectivity index (χ1n) is 14.2. The SMILES string of the molecule is Cc1ccc(C2=NN(C(=O)CN(CCN3CCOCC3)C(=O)C3CCCC3)C(c3ccc(Cl)cc3)C2)cc1C. The molecule has 3 aliphatic rings. The fourth-order valence-corrected chi connectivity index (χ4v) is 5.93. The second-order valence-corrected chi connectivity index (χ2v) is 11.5. The molecule has 2 aromatic carbocycles. The lowest BCUT2D eigenvalue weighted by Crippen LogP contribution is -2.47. The minimum Gasteiger partial charge on any atom is -0.379 e. The van der Waals surface area contributed by atoms with Gasteiger partial charge in [0.1, 0.15) is 6.54 Å². The van der Waals surface area contributed by atoms with Crippen LogP contribution in [-0.2, 0) is 14.3 Å². The molecule has 0 radical (unpaired) electrons. The molecular weight excluding hydrogens is 512 g/mol. The van der Waals surface area contributed by atoms with E-state index in [2.05, 4.69) is 36.9 Å². The van der Waals surface area contributed by atoms with Gasteiger partial charge in [0.05, 0.1) is 25.0 Å². The first-order chi connectivity index (χ1) is 18.9. The van der Waals surface area contributed by atoms with Crippen molar-refractivity contribution in [3.05, 3.63) is 69.7 Å². The van der Waals surface area contributed by atoms with E-state index in [1.165, 1.54) is 11.1 Å². The van der Waals surface area contributed by atoms with E-state index < -0.39 is 0 Å². The van der Waals surface area contributed by atoms with E-state index in [1.807, 2.05) is 24.3 Å². The Morgan fingerprint density at radius 3 is 2.44 bits per heavy atom. The van der Waals surface area contributed by atoms with E-state index >= 15 is 0 Å². The highest BCUT2D eigenvalue weighted by Crippen LogP contribution is 2.34. The Morgan fingerprint density at radius 2 is 1.74 bits per heavy atom. The van der Waals surface area contributed by atoms with Crippen LogP contribution in [-0.4, -0.2) is 78.3 Å². The highest BCUT2D eigenvalue weighted by molar-refractivity contribution is 6.30. The zero-order chi connectivity index (χ0) is 27.4. The van der Waals surface area contributed by atoms with Crippen LogP contribution in [0.2, 0.25) is 5.02 Å². The summed E-state index contributed by atoms with van der Waals surface area (Å²) in [6, 6.07) is 13.7. The smallest absolute Gasteiger partial charge is 0.262 e. The Labute approximate surface area is 236 Å². The number of ether oxygens (including phenoxy) is 1. The summed E-state index contributed by atoms with van der Waals surface area (Å²) in [5.74, 6) is -0.0282. The summed E-state index contributed by atoms with van der Waals surface area (Å²) in [6.07, 6.45) is 4.59. The molecule has 2 aromatic rings. The quantitative estimate of drug-likeness (QED) is 0.465. The summed E-state index contributed by atoms with van der Waals surface area (Å²) in [5, 5.41) is 7.13. The maximum atomic E-state index is 13.9. The third kappa shape index (κ3) is 6.71. The summed E-state index contributed by atoms with van der Waals surface area (Å²) >= 11 is 6.17. The van der Waals surface area contributed by atoms with Crippen LogP contribution in [0.4, 0.5) is 0 Å². The molecule has 0 spiro atoms. The van der Waals surface area contributed by atoms with E-state index in [0.717, 1.165) is 62.2 Å². The molecule has 1 aliphatic carbocycles. The summed E-state index contributed by atoms with van der Waals surface area (Å²) in [4.78, 5) is 31.6. The number of hydrogen-bond donors (Lipinski definition) is 0. The Balaban J connectivity index is 1.38. The zero-order valence-electron chi connectivity index (χ0n) is 23.1. The Morgan fingerprint density at radius 1 is 1.03 bits per heavy atom. The molecule has 5 rings (SSSR count). The maximum Gasteiger partial charge on any atom is 0.262 e. The summed E-state index contributed by atoms with van der Waals surface area (Å²) < 4.78 is 5.48. The molecule has 2 fully saturated rings. The van der Waals surface area contributed by atoms with E-state index in [1.54, 1.807) is 9.91 Å². The van der Waals surface area contributed by atoms with Crippen molar-refractivity contribution in [2.24, 2.45) is 11.0 Å². The van der Waals surface area contributed by atoms with Crippen LogP contribution >= 0.6 is 11.6 Å². The molecule has 1 saturated heterocycles. The van der Waals surface area contributed by atoms with Crippen LogP contribution in [0.3, 0.4) is 0 Å². The molecule has 1 saturated carbocycles. The van der Waals surface area contributed by atoms with Crippen molar-refractivity contribution < 1.29 is 14.3 Å². The lowest BCUT2D eigenvalue weighted by molar-refractivity contribution is -0.144. The molecule has 0 bridgehead atoms. The first-order valence-corrected chi connectivity index (χ1v) is 14.6. The number of amides is 2. The van der Waals surface area contributed by atoms with Crippen molar-refractivity contribution in [2.75, 3.05) is 45.9 Å². The van der Waals surface area contributed by atoms with Gasteiger partial charge in [-0.25, -0.2) is 5.01 Å². The van der Waals surface area contributed by atoms with Crippen molar-refractivity contribution in [1.29, 1.82) is 0 Å². The van der Waals surface area contributed by atoms with Crippen LogP contribution < -0.4 is 0 Å². The molecule has 1 unspecified atom stereocenters. The van der Waals surface area contributed by atoms with Gasteiger partial charge < -0.3 is 9.64 Å². The van der Waals surface area contributed by atoms with Gasteiger partial charge in [0.25, 0.3) is 5.91 Å². The molecule has 0 N–H and O–H groups in total. The molecule has 2 amide bonds. The second kappa shape index (κ2) is 12.6. The number of nitrogens with zero attached hydrogens (tertiary/aromatic N) is 4. The van der Waals surface area contributed by atoms with Crippen molar-refractivity contribution in [1.82, 2.24) is 14.8 Å². The molecule has 8 heteroatoms. The van der Waals surface area contributed by atoms with Crippen LogP contribution in [0.1, 0.15) is 60.4 Å². The highest BCUT2D eigenvalue weighted by Gasteiger charge is 2.36. The van der Waals surface area contributed by atoms with Gasteiger partial charge in [-0.2, -0.15) is 5.10 Å². The maximum absolute atomic E-state index is 13.9. The number of hydrazone groups is 1. The van der Waals surface area contributed by atoms with Crippen LogP contribution in [0, 0.1) is 19.8 Å². The van der Waals surface area contributed by atoms with Crippen LogP contribution in [0.5, 0.6) is 0 Å². The van der Waals surface area contributed by atoms with E-state index in [9.17, 15) is 9.59 Å². The summed E-state index contributed by atoms with van der Waals surface area (Å²) in [6.45, 7) is 8.63. The summed E-state index contributed by atoms with van der Waals surface area (Å²) in [5.41, 5.74) is 5.31. The van der Waals surface area contributed by atoms with Gasteiger partial charge in [0.15, 0.2) is 0 Å². The fourth-order valence-electron chi connectivity index (χ4n) is 5.80. The number of morpholine rings is 1. The molecular formula is C31H39ClN4O3. The minimum absolute atomic E-state index is 0.0164. The average Bonchev–Trinajstić information content (AvgIpc) is 3.64. The van der Waals surface area contributed by atoms with Gasteiger partial charge in [-0.1, -0.05) is 48.7 Å². The third-order valence-electron chi connectivity index (χ3n) is 8.39. The molecule has 0 aromatic heterocycles. The van der Waals surface area contributed by atoms with Gasteiger partial charge >= 0.3 is 0 Å². The van der Waals surface area contributed by atoms with Crippen molar-refractivity contribution >= 4 is 29.1 Å². The van der Waals surface area contributed by atoms with Crippen molar-refractivity contribution in [2.45, 2.75) is 52.0 Å². The van der Waals surface area contributed by atoms with Gasteiger partial charge in [-0.05, 0) is 67.1 Å². The van der Waals surface area contributed by atoms with Gasteiger partial charge in [-0.3, -0.25) is 14.5 Å². The second-order valence-electron chi connectivity index (χ2n) is 11.1. The summed E-state index contributed by atoms with van der Waals surface area (Å²) in [7, 11) is 0. The molecule has 208 valence electrons. The first kappa shape index (κ1) is 27.8. The average molecular weight is 551 g/mol. The van der Waals surface area contributed by atoms with Gasteiger partial charge in [-0.15, -0.1) is 0 Å². The Bertz CT molecular complexity index is 1200. The van der Waals surface area contributed by atoms with Crippen LogP contribution in [0.15, 0.2) is 47.6 Å². The van der Waals surface area contributed by atoms with Crippen molar-refractivity contribution in [3.63, 3.8) is 0 Å². The monoisotopic (exact) mass is 550 g/mol. The Kier molecular flexibility index (Phi) is 9.00. The lowest BCUT2D eigenvalue weighted by Gasteiger charge is -2.32. The van der Waals surface area contributed by atoms with Gasteiger partial charge in [0, 0.05) is 43.5 Å². The standard InChI is InChI=1S/C31H39ClN4O3/c1-22-7-8-26(19-23(22)2)28-20-29(24-9-11-27(32)12-10-24)36(33-28)30(37)21-35(31(38)25-5-3-4-6-25)14-13-34-15-17-39-18-16-34/h7-12,19,25,29H,3-6,13-18,20-21H2,1-2H3. The number of carbonyl (C=O) groups is 2. The minimum atomic E-state index is -0.242. The largest absolute Gasteiger partial charge is 0.379 e. The normalized spacial score (nSPS) is 20.3. The molecule has 1 atom stereocenters. The fraction of sp³-hybridized carbons (Fsp3) is 0.516. The number of aryl methyl sites for hydroxylation is 2. The molecule has 2 heterocycles. The molecule has 2 aliphatic heterocycles. The predicted molar refractivity (Wildman–Crippen MR) is 154 cm³/mol. The predicted octanol–water partition coefficient (Wildman–Crippen LogP) is 4.99. The zero-order valence-corrected chi connectivity index (χ0v) is 23.8. The van der Waals surface area contributed by atoms with E-state index in [4.69, 9.17) is 21.4 Å². The Hall–Kier alpha value is -2.74. The van der Waals surface area contributed by atoms with Crippen LogP contribution in [0.25, 0.3) is 0 Å². The molecule has 39 heavy (non-hydrogen) atoms. The van der Waals surface area contributed by atoms with Crippen molar-refractivity contribution in [3.8, 4) is 0 Å². The number of hydrogen-bond acceptors (Lipinski definition) is 5. The van der Waals surface area contributed by atoms with Gasteiger partial charge in [0.2, 0.25) is 5.91 Å². The highest BCUT2D eigenvalue weighted by atomic mass is 35.5. The number of halogens is 1. The topological polar surface area (TPSA) is 65.5 Å². The number of benzene rings is 2. The molecule has 7 nitrogen and oxygen atoms in total. The van der Waals surface area contributed by atoms with E-state index in [0.29, 0.717) is 31.2 Å². The van der Waals surface area contributed by atoms with E-state index in [-0.39, 0.29) is 30.3 Å².